The first kappa shape index (κ1) is 20.2. The van der Waals surface area contributed by atoms with Gasteiger partial charge in [0.15, 0.2) is 23.2 Å². The van der Waals surface area contributed by atoms with Gasteiger partial charge in [-0.3, -0.25) is 4.79 Å². The van der Waals surface area contributed by atoms with E-state index in [0.29, 0.717) is 24.6 Å². The summed E-state index contributed by atoms with van der Waals surface area (Å²) in [5.41, 5.74) is 2.00. The van der Waals surface area contributed by atoms with Crippen LogP contribution < -0.4 is 14.4 Å². The van der Waals surface area contributed by atoms with Crippen LogP contribution in [0.4, 0.5) is 5.13 Å². The van der Waals surface area contributed by atoms with Crippen molar-refractivity contribution in [1.29, 1.82) is 0 Å². The Labute approximate surface area is 179 Å². The first-order valence-electron chi connectivity index (χ1n) is 9.83. The predicted octanol–water partition coefficient (Wildman–Crippen LogP) is 3.16. The number of pyridine rings is 1. The second kappa shape index (κ2) is 9.13. The lowest BCUT2D eigenvalue weighted by molar-refractivity contribution is -0.133. The number of carbonyl (C=O) groups excluding carboxylic acids is 1. The smallest absolute Gasteiger partial charge is 0.260 e. The number of anilines is 1. The van der Waals surface area contributed by atoms with Crippen molar-refractivity contribution in [2.75, 3.05) is 44.8 Å². The Morgan fingerprint density at radius 1 is 1.23 bits per heavy atom. The molecule has 156 valence electrons. The number of ether oxygens (including phenoxy) is 2. The fourth-order valence-electron chi connectivity index (χ4n) is 3.40. The highest BCUT2D eigenvalue weighted by atomic mass is 32.1. The van der Waals surface area contributed by atoms with Crippen molar-refractivity contribution in [3.63, 3.8) is 0 Å². The Morgan fingerprint density at radius 2 is 2.07 bits per heavy atom. The molecule has 0 atom stereocenters. The molecule has 4 rings (SSSR count). The molecular formula is C22H24N4O3S. The van der Waals surface area contributed by atoms with Crippen molar-refractivity contribution in [2.45, 2.75) is 6.42 Å². The summed E-state index contributed by atoms with van der Waals surface area (Å²) in [6.45, 7) is 6.50. The van der Waals surface area contributed by atoms with Crippen molar-refractivity contribution in [2.24, 2.45) is 0 Å². The second-order valence-corrected chi connectivity index (χ2v) is 7.91. The van der Waals surface area contributed by atoms with Gasteiger partial charge in [-0.1, -0.05) is 23.5 Å². The van der Waals surface area contributed by atoms with Gasteiger partial charge in [0.05, 0.1) is 7.11 Å². The quantitative estimate of drug-likeness (QED) is 0.543. The van der Waals surface area contributed by atoms with E-state index in [1.54, 1.807) is 24.6 Å². The Morgan fingerprint density at radius 3 is 2.80 bits per heavy atom. The zero-order valence-electron chi connectivity index (χ0n) is 16.9. The van der Waals surface area contributed by atoms with Crippen LogP contribution >= 0.6 is 11.3 Å². The van der Waals surface area contributed by atoms with Crippen molar-refractivity contribution in [3.05, 3.63) is 54.7 Å². The predicted molar refractivity (Wildman–Crippen MR) is 119 cm³/mol. The minimum Gasteiger partial charge on any atom is -0.493 e. The molecule has 1 fully saturated rings. The Bertz CT molecular complexity index is 1010. The van der Waals surface area contributed by atoms with E-state index < -0.39 is 0 Å². The number of rotatable bonds is 7. The van der Waals surface area contributed by atoms with Gasteiger partial charge in [0.1, 0.15) is 10.3 Å². The summed E-state index contributed by atoms with van der Waals surface area (Å²) in [6, 6.07) is 9.56. The minimum atomic E-state index is -0.0298. The van der Waals surface area contributed by atoms with Crippen LogP contribution in [0.3, 0.4) is 0 Å². The molecular weight excluding hydrogens is 400 g/mol. The number of nitrogens with zero attached hydrogens (tertiary/aromatic N) is 4. The molecule has 3 aromatic rings. The molecule has 1 aromatic carbocycles. The molecule has 3 heterocycles. The van der Waals surface area contributed by atoms with Crippen molar-refractivity contribution in [3.8, 4) is 11.5 Å². The fourth-order valence-corrected chi connectivity index (χ4v) is 4.36. The van der Waals surface area contributed by atoms with E-state index >= 15 is 0 Å². The standard InChI is InChI=1S/C22H24N4O3S/c1-3-5-16-7-8-18(19(14-16)28-2)29-15-20(27)25-10-12-26(13-11-25)22-24-17-6-4-9-23-21(17)30-22/h3-4,6-9,14H,1,5,10-13,15H2,2H3. The SMILES string of the molecule is C=CCc1ccc(OCC(=O)N2CCN(c3nc4cccnc4s3)CC2)c(OC)c1. The molecule has 1 aliphatic heterocycles. The summed E-state index contributed by atoms with van der Waals surface area (Å²) in [6.07, 6.45) is 4.37. The molecule has 0 N–H and O–H groups in total. The summed E-state index contributed by atoms with van der Waals surface area (Å²) in [7, 11) is 1.60. The summed E-state index contributed by atoms with van der Waals surface area (Å²) < 4.78 is 11.1. The van der Waals surface area contributed by atoms with Gasteiger partial charge in [-0.25, -0.2) is 9.97 Å². The molecule has 2 aromatic heterocycles. The number of thiazole rings is 1. The number of carbonyl (C=O) groups is 1. The van der Waals surface area contributed by atoms with Gasteiger partial charge in [-0.2, -0.15) is 0 Å². The first-order valence-corrected chi connectivity index (χ1v) is 10.6. The Balaban J connectivity index is 1.32. The van der Waals surface area contributed by atoms with Crippen LogP contribution in [-0.2, 0) is 11.2 Å². The van der Waals surface area contributed by atoms with Gasteiger partial charge in [-0.15, -0.1) is 6.58 Å². The number of allylic oxidation sites excluding steroid dienone is 1. The summed E-state index contributed by atoms with van der Waals surface area (Å²) >= 11 is 1.59. The van der Waals surface area contributed by atoms with E-state index in [4.69, 9.17) is 9.47 Å². The third-order valence-electron chi connectivity index (χ3n) is 5.02. The highest BCUT2D eigenvalue weighted by molar-refractivity contribution is 7.21. The Kier molecular flexibility index (Phi) is 6.13. The molecule has 8 heteroatoms. The zero-order chi connectivity index (χ0) is 20.9. The highest BCUT2D eigenvalue weighted by Crippen LogP contribution is 2.29. The molecule has 0 bridgehead atoms. The topological polar surface area (TPSA) is 67.8 Å². The molecule has 30 heavy (non-hydrogen) atoms. The number of piperazine rings is 1. The number of hydrogen-bond donors (Lipinski definition) is 0. The maximum Gasteiger partial charge on any atom is 0.260 e. The van der Waals surface area contributed by atoms with Crippen LogP contribution in [0.2, 0.25) is 0 Å². The molecule has 1 saturated heterocycles. The number of aromatic nitrogens is 2. The normalized spacial score (nSPS) is 14.0. The molecule has 0 spiro atoms. The summed E-state index contributed by atoms with van der Waals surface area (Å²) in [5.74, 6) is 1.16. The van der Waals surface area contributed by atoms with Crippen LogP contribution in [0.5, 0.6) is 11.5 Å². The number of hydrogen-bond acceptors (Lipinski definition) is 7. The van der Waals surface area contributed by atoms with Crippen LogP contribution in [0.15, 0.2) is 49.2 Å². The number of methoxy groups -OCH3 is 1. The number of fused-ring (bicyclic) bond motifs is 1. The largest absolute Gasteiger partial charge is 0.493 e. The van der Waals surface area contributed by atoms with Crippen LogP contribution in [0.25, 0.3) is 10.3 Å². The highest BCUT2D eigenvalue weighted by Gasteiger charge is 2.23. The van der Waals surface area contributed by atoms with E-state index in [1.807, 2.05) is 41.3 Å². The van der Waals surface area contributed by atoms with E-state index in [9.17, 15) is 4.79 Å². The molecule has 0 unspecified atom stereocenters. The maximum atomic E-state index is 12.6. The Hall–Kier alpha value is -3.13. The van der Waals surface area contributed by atoms with E-state index in [1.165, 1.54) is 0 Å². The first-order chi connectivity index (χ1) is 14.7. The van der Waals surface area contributed by atoms with Crippen molar-refractivity contribution < 1.29 is 14.3 Å². The molecule has 0 saturated carbocycles. The third kappa shape index (κ3) is 4.38. The van der Waals surface area contributed by atoms with Gasteiger partial charge >= 0.3 is 0 Å². The molecule has 0 aliphatic carbocycles. The molecule has 1 amide bonds. The minimum absolute atomic E-state index is 0.0117. The molecule has 0 radical (unpaired) electrons. The lowest BCUT2D eigenvalue weighted by atomic mass is 10.1. The van der Waals surface area contributed by atoms with Crippen molar-refractivity contribution >= 4 is 32.7 Å². The lowest BCUT2D eigenvalue weighted by Gasteiger charge is -2.34. The zero-order valence-corrected chi connectivity index (χ0v) is 17.7. The second-order valence-electron chi connectivity index (χ2n) is 6.96. The summed E-state index contributed by atoms with van der Waals surface area (Å²) in [5, 5.41) is 0.955. The van der Waals surface area contributed by atoms with Crippen LogP contribution in [0.1, 0.15) is 5.56 Å². The number of benzene rings is 1. The average Bonchev–Trinajstić information content (AvgIpc) is 3.22. The lowest BCUT2D eigenvalue weighted by Crippen LogP contribution is -2.50. The maximum absolute atomic E-state index is 12.6. The monoisotopic (exact) mass is 424 g/mol. The average molecular weight is 425 g/mol. The number of amides is 1. The third-order valence-corrected chi connectivity index (χ3v) is 6.06. The van der Waals surface area contributed by atoms with Crippen molar-refractivity contribution in [1.82, 2.24) is 14.9 Å². The van der Waals surface area contributed by atoms with E-state index in [0.717, 1.165) is 40.6 Å². The summed E-state index contributed by atoms with van der Waals surface area (Å²) in [4.78, 5) is 26.6. The van der Waals surface area contributed by atoms with Gasteiger partial charge in [-0.05, 0) is 36.2 Å². The molecule has 1 aliphatic rings. The van der Waals surface area contributed by atoms with E-state index in [2.05, 4.69) is 21.4 Å². The van der Waals surface area contributed by atoms with E-state index in [-0.39, 0.29) is 12.5 Å². The van der Waals surface area contributed by atoms with Crippen LogP contribution in [0, 0.1) is 0 Å². The van der Waals surface area contributed by atoms with Gasteiger partial charge in [0, 0.05) is 32.4 Å². The van der Waals surface area contributed by atoms with Gasteiger partial charge < -0.3 is 19.3 Å². The molecule has 7 nitrogen and oxygen atoms in total. The fraction of sp³-hybridized carbons (Fsp3) is 0.318. The van der Waals surface area contributed by atoms with Crippen LogP contribution in [-0.4, -0.2) is 60.7 Å². The van der Waals surface area contributed by atoms with Gasteiger partial charge in [0.25, 0.3) is 5.91 Å². The van der Waals surface area contributed by atoms with Gasteiger partial charge in [0.2, 0.25) is 0 Å².